The van der Waals surface area contributed by atoms with Crippen LogP contribution in [0, 0.1) is 5.92 Å². The van der Waals surface area contributed by atoms with Crippen molar-refractivity contribution in [3.05, 3.63) is 0 Å². The van der Waals surface area contributed by atoms with Gasteiger partial charge in [-0.3, -0.25) is 9.59 Å². The van der Waals surface area contributed by atoms with Crippen molar-refractivity contribution in [2.45, 2.75) is 39.2 Å². The van der Waals surface area contributed by atoms with E-state index >= 15 is 0 Å². The summed E-state index contributed by atoms with van der Waals surface area (Å²) in [7, 11) is 0. The Morgan fingerprint density at radius 3 is 2.72 bits per heavy atom. The SMILES string of the molecule is CSCCCCN1CCC(=O)NC(C(C)C)C1=O. The normalized spacial score (nSPS) is 21.1. The van der Waals surface area contributed by atoms with E-state index in [0.717, 1.165) is 25.1 Å². The Balaban J connectivity index is 2.54. The van der Waals surface area contributed by atoms with E-state index in [-0.39, 0.29) is 23.8 Å². The fourth-order valence-electron chi connectivity index (χ4n) is 2.07. The molecule has 0 aromatic carbocycles. The van der Waals surface area contributed by atoms with Crippen molar-refractivity contribution in [2.24, 2.45) is 5.92 Å². The Hall–Kier alpha value is -0.710. The van der Waals surface area contributed by atoms with Crippen molar-refractivity contribution in [3.8, 4) is 0 Å². The van der Waals surface area contributed by atoms with Gasteiger partial charge in [-0.05, 0) is 30.8 Å². The largest absolute Gasteiger partial charge is 0.344 e. The van der Waals surface area contributed by atoms with Crippen LogP contribution in [0.2, 0.25) is 0 Å². The van der Waals surface area contributed by atoms with Gasteiger partial charge in [0, 0.05) is 19.5 Å². The van der Waals surface area contributed by atoms with Crippen LogP contribution < -0.4 is 5.32 Å². The molecule has 0 aromatic rings. The average molecular weight is 272 g/mol. The number of carbonyl (C=O) groups excluding carboxylic acids is 2. The predicted molar refractivity (Wildman–Crippen MR) is 75.6 cm³/mol. The molecule has 1 saturated heterocycles. The molecule has 1 heterocycles. The summed E-state index contributed by atoms with van der Waals surface area (Å²) in [5.41, 5.74) is 0. The number of thioether (sulfide) groups is 1. The molecule has 0 spiro atoms. The summed E-state index contributed by atoms with van der Waals surface area (Å²) in [6.45, 7) is 5.28. The van der Waals surface area contributed by atoms with Gasteiger partial charge in [-0.25, -0.2) is 0 Å². The summed E-state index contributed by atoms with van der Waals surface area (Å²) in [4.78, 5) is 25.7. The van der Waals surface area contributed by atoms with Gasteiger partial charge in [0.2, 0.25) is 11.8 Å². The number of hydrogen-bond donors (Lipinski definition) is 1. The highest BCUT2D eigenvalue weighted by atomic mass is 32.2. The predicted octanol–water partition coefficient (Wildman–Crippen LogP) is 1.50. The second-order valence-electron chi connectivity index (χ2n) is 5.06. The van der Waals surface area contributed by atoms with Crippen LogP contribution in [0.25, 0.3) is 0 Å². The van der Waals surface area contributed by atoms with Crippen LogP contribution >= 0.6 is 11.8 Å². The first-order valence-corrected chi connectivity index (χ1v) is 8.02. The van der Waals surface area contributed by atoms with Gasteiger partial charge in [-0.15, -0.1) is 0 Å². The van der Waals surface area contributed by atoms with Gasteiger partial charge in [-0.2, -0.15) is 11.8 Å². The summed E-state index contributed by atoms with van der Waals surface area (Å²) in [5, 5.41) is 2.83. The number of amides is 2. The lowest BCUT2D eigenvalue weighted by molar-refractivity contribution is -0.134. The van der Waals surface area contributed by atoms with E-state index in [1.165, 1.54) is 0 Å². The summed E-state index contributed by atoms with van der Waals surface area (Å²) in [6, 6.07) is -0.347. The topological polar surface area (TPSA) is 49.4 Å². The third-order valence-corrected chi connectivity index (χ3v) is 3.89. The quantitative estimate of drug-likeness (QED) is 0.746. The zero-order valence-corrected chi connectivity index (χ0v) is 12.4. The minimum atomic E-state index is -0.347. The molecule has 18 heavy (non-hydrogen) atoms. The van der Waals surface area contributed by atoms with Crippen LogP contribution in [0.5, 0.6) is 0 Å². The van der Waals surface area contributed by atoms with Crippen LogP contribution in [0.3, 0.4) is 0 Å². The van der Waals surface area contributed by atoms with E-state index in [1.54, 1.807) is 0 Å². The molecule has 1 N–H and O–H groups in total. The molecule has 104 valence electrons. The molecule has 1 aliphatic heterocycles. The second kappa shape index (κ2) is 7.67. The van der Waals surface area contributed by atoms with Gasteiger partial charge in [0.1, 0.15) is 6.04 Å². The molecule has 1 aliphatic rings. The maximum Gasteiger partial charge on any atom is 0.245 e. The van der Waals surface area contributed by atoms with Crippen molar-refractivity contribution < 1.29 is 9.59 Å². The number of unbranched alkanes of at least 4 members (excludes halogenated alkanes) is 1. The van der Waals surface area contributed by atoms with Crippen LogP contribution in [-0.4, -0.2) is 47.9 Å². The van der Waals surface area contributed by atoms with E-state index in [4.69, 9.17) is 0 Å². The zero-order chi connectivity index (χ0) is 13.5. The van der Waals surface area contributed by atoms with Gasteiger partial charge in [0.15, 0.2) is 0 Å². The molecule has 4 nitrogen and oxygen atoms in total. The maximum absolute atomic E-state index is 12.3. The van der Waals surface area contributed by atoms with Crippen molar-refractivity contribution in [2.75, 3.05) is 25.1 Å². The van der Waals surface area contributed by atoms with Gasteiger partial charge >= 0.3 is 0 Å². The molecule has 1 fully saturated rings. The molecular formula is C13H24N2O2S. The molecule has 1 rings (SSSR count). The number of nitrogens with one attached hydrogen (secondary N) is 1. The van der Waals surface area contributed by atoms with Crippen LogP contribution in [0.4, 0.5) is 0 Å². The summed E-state index contributed by atoms with van der Waals surface area (Å²) >= 11 is 1.83. The molecule has 0 radical (unpaired) electrons. The van der Waals surface area contributed by atoms with E-state index in [2.05, 4.69) is 11.6 Å². The van der Waals surface area contributed by atoms with E-state index < -0.39 is 0 Å². The Bertz CT molecular complexity index is 295. The van der Waals surface area contributed by atoms with Crippen molar-refractivity contribution in [1.82, 2.24) is 10.2 Å². The van der Waals surface area contributed by atoms with E-state index in [1.807, 2.05) is 30.5 Å². The molecule has 1 unspecified atom stereocenters. The van der Waals surface area contributed by atoms with Crippen LogP contribution in [0.1, 0.15) is 33.1 Å². The molecule has 0 aliphatic carbocycles. The van der Waals surface area contributed by atoms with Gasteiger partial charge < -0.3 is 10.2 Å². The minimum Gasteiger partial charge on any atom is -0.344 e. The third-order valence-electron chi connectivity index (χ3n) is 3.20. The average Bonchev–Trinajstić information content (AvgIpc) is 2.46. The van der Waals surface area contributed by atoms with Crippen molar-refractivity contribution >= 4 is 23.6 Å². The smallest absolute Gasteiger partial charge is 0.245 e. The summed E-state index contributed by atoms with van der Waals surface area (Å²) in [6.07, 6.45) is 4.66. The highest BCUT2D eigenvalue weighted by Crippen LogP contribution is 2.12. The Labute approximate surface area is 114 Å². The lowest BCUT2D eigenvalue weighted by Gasteiger charge is -2.26. The van der Waals surface area contributed by atoms with Crippen molar-refractivity contribution in [1.29, 1.82) is 0 Å². The van der Waals surface area contributed by atoms with Gasteiger partial charge in [0.25, 0.3) is 0 Å². The van der Waals surface area contributed by atoms with Gasteiger partial charge in [0.05, 0.1) is 0 Å². The van der Waals surface area contributed by atoms with Crippen molar-refractivity contribution in [3.63, 3.8) is 0 Å². The van der Waals surface area contributed by atoms with E-state index in [0.29, 0.717) is 13.0 Å². The molecule has 1 atom stereocenters. The first-order valence-electron chi connectivity index (χ1n) is 6.63. The molecule has 2 amide bonds. The maximum atomic E-state index is 12.3. The number of rotatable bonds is 6. The highest BCUT2D eigenvalue weighted by molar-refractivity contribution is 7.98. The van der Waals surface area contributed by atoms with Crippen LogP contribution in [-0.2, 0) is 9.59 Å². The number of carbonyl (C=O) groups is 2. The standard InChI is InChI=1S/C13H24N2O2S/c1-10(2)12-13(17)15(7-4-5-9-18-3)8-6-11(16)14-12/h10,12H,4-9H2,1-3H3,(H,14,16). The Morgan fingerprint density at radius 1 is 1.39 bits per heavy atom. The third kappa shape index (κ3) is 4.52. The fraction of sp³-hybridized carbons (Fsp3) is 0.846. The van der Waals surface area contributed by atoms with E-state index in [9.17, 15) is 9.59 Å². The lowest BCUT2D eigenvalue weighted by atomic mass is 10.0. The summed E-state index contributed by atoms with van der Waals surface area (Å²) in [5.74, 6) is 1.36. The molecular weight excluding hydrogens is 248 g/mol. The Morgan fingerprint density at radius 2 is 2.11 bits per heavy atom. The molecule has 0 aromatic heterocycles. The number of hydrogen-bond acceptors (Lipinski definition) is 3. The summed E-state index contributed by atoms with van der Waals surface area (Å²) < 4.78 is 0. The molecule has 0 saturated carbocycles. The second-order valence-corrected chi connectivity index (χ2v) is 6.05. The first-order chi connectivity index (χ1) is 8.56. The van der Waals surface area contributed by atoms with Gasteiger partial charge in [-0.1, -0.05) is 13.8 Å². The Kier molecular flexibility index (Phi) is 6.54. The zero-order valence-electron chi connectivity index (χ0n) is 11.6. The molecule has 0 bridgehead atoms. The lowest BCUT2D eigenvalue weighted by Crippen LogP contribution is -2.47. The minimum absolute atomic E-state index is 0.00587. The highest BCUT2D eigenvalue weighted by Gasteiger charge is 2.31. The monoisotopic (exact) mass is 272 g/mol. The van der Waals surface area contributed by atoms with Crippen LogP contribution in [0.15, 0.2) is 0 Å². The first kappa shape index (κ1) is 15.3. The molecule has 5 heteroatoms. The fourth-order valence-corrected chi connectivity index (χ4v) is 2.57. The number of nitrogens with zero attached hydrogens (tertiary/aromatic N) is 1.